The highest BCUT2D eigenvalue weighted by Gasteiger charge is 2.11. The van der Waals surface area contributed by atoms with Gasteiger partial charge in [0.05, 0.1) is 17.6 Å². The first-order valence-electron chi connectivity index (χ1n) is 6.50. The SMILES string of the molecule is COCCn1c(-c2ccc(Cl)cc2)nc2ccccc21. The monoisotopic (exact) mass is 286 g/mol. The van der Waals surface area contributed by atoms with Gasteiger partial charge in [-0.15, -0.1) is 0 Å². The highest BCUT2D eigenvalue weighted by atomic mass is 35.5. The topological polar surface area (TPSA) is 27.1 Å². The summed E-state index contributed by atoms with van der Waals surface area (Å²) in [6.07, 6.45) is 0. The molecule has 0 bridgehead atoms. The fourth-order valence-electron chi connectivity index (χ4n) is 2.30. The second-order valence-electron chi connectivity index (χ2n) is 4.58. The maximum atomic E-state index is 5.95. The van der Waals surface area contributed by atoms with Crippen LogP contribution in [0.1, 0.15) is 0 Å². The average molecular weight is 287 g/mol. The highest BCUT2D eigenvalue weighted by Crippen LogP contribution is 2.25. The minimum absolute atomic E-state index is 0.654. The van der Waals surface area contributed by atoms with Crippen LogP contribution in [0.5, 0.6) is 0 Å². The van der Waals surface area contributed by atoms with Gasteiger partial charge in [0, 0.05) is 24.2 Å². The summed E-state index contributed by atoms with van der Waals surface area (Å²) in [4.78, 5) is 4.73. The number of ether oxygens (including phenoxy) is 1. The van der Waals surface area contributed by atoms with E-state index in [1.807, 2.05) is 42.5 Å². The molecular formula is C16H15ClN2O. The van der Waals surface area contributed by atoms with Crippen molar-refractivity contribution in [1.29, 1.82) is 0 Å². The van der Waals surface area contributed by atoms with Crippen LogP contribution in [-0.2, 0) is 11.3 Å². The highest BCUT2D eigenvalue weighted by molar-refractivity contribution is 6.30. The summed E-state index contributed by atoms with van der Waals surface area (Å²) in [7, 11) is 1.71. The summed E-state index contributed by atoms with van der Waals surface area (Å²) in [5.41, 5.74) is 3.17. The Morgan fingerprint density at radius 2 is 1.85 bits per heavy atom. The van der Waals surface area contributed by atoms with Crippen LogP contribution in [0, 0.1) is 0 Å². The van der Waals surface area contributed by atoms with Crippen LogP contribution in [0.2, 0.25) is 5.02 Å². The minimum atomic E-state index is 0.654. The molecule has 0 spiro atoms. The van der Waals surface area contributed by atoms with Crippen LogP contribution in [0.25, 0.3) is 22.4 Å². The maximum Gasteiger partial charge on any atom is 0.141 e. The third-order valence-electron chi connectivity index (χ3n) is 3.28. The first-order valence-corrected chi connectivity index (χ1v) is 6.87. The molecule has 20 heavy (non-hydrogen) atoms. The van der Waals surface area contributed by atoms with Gasteiger partial charge in [-0.25, -0.2) is 4.98 Å². The first kappa shape index (κ1) is 13.2. The summed E-state index contributed by atoms with van der Waals surface area (Å²) in [6, 6.07) is 15.9. The van der Waals surface area contributed by atoms with Gasteiger partial charge >= 0.3 is 0 Å². The normalized spacial score (nSPS) is 11.1. The van der Waals surface area contributed by atoms with Gasteiger partial charge < -0.3 is 9.30 Å². The molecule has 3 nitrogen and oxygen atoms in total. The molecule has 102 valence electrons. The third-order valence-corrected chi connectivity index (χ3v) is 3.53. The summed E-state index contributed by atoms with van der Waals surface area (Å²) in [5, 5.41) is 0.730. The lowest BCUT2D eigenvalue weighted by atomic mass is 10.2. The van der Waals surface area contributed by atoms with E-state index in [1.54, 1.807) is 7.11 Å². The number of halogens is 1. The van der Waals surface area contributed by atoms with Crippen LogP contribution in [0.4, 0.5) is 0 Å². The van der Waals surface area contributed by atoms with Gasteiger partial charge in [-0.1, -0.05) is 23.7 Å². The van der Waals surface area contributed by atoms with E-state index < -0.39 is 0 Å². The van der Waals surface area contributed by atoms with E-state index in [0.29, 0.717) is 6.61 Å². The first-order chi connectivity index (χ1) is 9.79. The average Bonchev–Trinajstić information content (AvgIpc) is 2.84. The molecule has 0 unspecified atom stereocenters. The van der Waals surface area contributed by atoms with Crippen LogP contribution in [0.15, 0.2) is 48.5 Å². The summed E-state index contributed by atoms with van der Waals surface area (Å²) in [6.45, 7) is 1.43. The van der Waals surface area contributed by atoms with Crippen LogP contribution >= 0.6 is 11.6 Å². The molecule has 1 aromatic heterocycles. The van der Waals surface area contributed by atoms with Crippen molar-refractivity contribution >= 4 is 22.6 Å². The number of benzene rings is 2. The smallest absolute Gasteiger partial charge is 0.141 e. The van der Waals surface area contributed by atoms with Gasteiger partial charge in [0.15, 0.2) is 0 Å². The van der Waals surface area contributed by atoms with Gasteiger partial charge in [0.25, 0.3) is 0 Å². The molecule has 0 saturated heterocycles. The van der Waals surface area contributed by atoms with Gasteiger partial charge in [0.1, 0.15) is 5.82 Å². The van der Waals surface area contributed by atoms with Crippen LogP contribution < -0.4 is 0 Å². The van der Waals surface area contributed by atoms with Crippen molar-refractivity contribution in [1.82, 2.24) is 9.55 Å². The van der Waals surface area contributed by atoms with Crippen molar-refractivity contribution < 1.29 is 4.74 Å². The minimum Gasteiger partial charge on any atom is -0.383 e. The van der Waals surface area contributed by atoms with Crippen molar-refractivity contribution in [2.75, 3.05) is 13.7 Å². The zero-order chi connectivity index (χ0) is 13.9. The van der Waals surface area contributed by atoms with E-state index in [1.165, 1.54) is 0 Å². The second-order valence-corrected chi connectivity index (χ2v) is 5.01. The van der Waals surface area contributed by atoms with E-state index >= 15 is 0 Å². The molecule has 1 heterocycles. The zero-order valence-electron chi connectivity index (χ0n) is 11.2. The number of rotatable bonds is 4. The number of aromatic nitrogens is 2. The molecular weight excluding hydrogens is 272 g/mol. The van der Waals surface area contributed by atoms with Crippen molar-refractivity contribution in [3.8, 4) is 11.4 Å². The van der Waals surface area contributed by atoms with Crippen molar-refractivity contribution in [3.63, 3.8) is 0 Å². The quantitative estimate of drug-likeness (QED) is 0.725. The molecule has 0 fully saturated rings. The largest absolute Gasteiger partial charge is 0.383 e. The molecule has 3 rings (SSSR count). The molecule has 0 aliphatic heterocycles. The molecule has 0 radical (unpaired) electrons. The van der Waals surface area contributed by atoms with E-state index in [9.17, 15) is 0 Å². The molecule has 3 aromatic rings. The Bertz CT molecular complexity index is 719. The molecule has 0 amide bonds. The van der Waals surface area contributed by atoms with Crippen molar-refractivity contribution in [3.05, 3.63) is 53.6 Å². The molecule has 0 atom stereocenters. The van der Waals surface area contributed by atoms with Crippen LogP contribution in [0.3, 0.4) is 0 Å². The number of methoxy groups -OCH3 is 1. The van der Waals surface area contributed by atoms with Gasteiger partial charge in [0.2, 0.25) is 0 Å². The van der Waals surface area contributed by atoms with Crippen molar-refractivity contribution in [2.45, 2.75) is 6.54 Å². The standard InChI is InChI=1S/C16H15ClN2O/c1-20-11-10-19-15-5-3-2-4-14(15)18-16(19)12-6-8-13(17)9-7-12/h2-9H,10-11H2,1H3. The number of hydrogen-bond acceptors (Lipinski definition) is 2. The molecule has 0 saturated carbocycles. The molecule has 0 aliphatic carbocycles. The summed E-state index contributed by atoms with van der Waals surface area (Å²) >= 11 is 5.95. The Balaban J connectivity index is 2.15. The summed E-state index contributed by atoms with van der Waals surface area (Å²) in [5.74, 6) is 0.944. The number of para-hydroxylation sites is 2. The Kier molecular flexibility index (Phi) is 3.72. The zero-order valence-corrected chi connectivity index (χ0v) is 12.0. The lowest BCUT2D eigenvalue weighted by molar-refractivity contribution is 0.188. The predicted molar refractivity (Wildman–Crippen MR) is 82.1 cm³/mol. The summed E-state index contributed by atoms with van der Waals surface area (Å²) < 4.78 is 7.39. The Morgan fingerprint density at radius 1 is 1.10 bits per heavy atom. The van der Waals surface area contributed by atoms with E-state index in [-0.39, 0.29) is 0 Å². The van der Waals surface area contributed by atoms with E-state index in [2.05, 4.69) is 10.6 Å². The Labute approximate surface area is 122 Å². The van der Waals surface area contributed by atoms with Crippen molar-refractivity contribution in [2.24, 2.45) is 0 Å². The fourth-order valence-corrected chi connectivity index (χ4v) is 2.43. The third kappa shape index (κ3) is 2.42. The van der Waals surface area contributed by atoms with E-state index in [0.717, 1.165) is 34.0 Å². The molecule has 0 N–H and O–H groups in total. The molecule has 4 heteroatoms. The molecule has 0 aliphatic rings. The van der Waals surface area contributed by atoms with Gasteiger partial charge in [-0.05, 0) is 36.4 Å². The van der Waals surface area contributed by atoms with Crippen LogP contribution in [-0.4, -0.2) is 23.3 Å². The Morgan fingerprint density at radius 3 is 2.60 bits per heavy atom. The predicted octanol–water partition coefficient (Wildman–Crippen LogP) is 4.00. The number of nitrogens with zero attached hydrogens (tertiary/aromatic N) is 2. The number of hydrogen-bond donors (Lipinski definition) is 0. The second kappa shape index (κ2) is 5.65. The Hall–Kier alpha value is -1.84. The molecule has 2 aromatic carbocycles. The number of imidazole rings is 1. The van der Waals surface area contributed by atoms with Gasteiger partial charge in [-0.3, -0.25) is 0 Å². The number of fused-ring (bicyclic) bond motifs is 1. The lowest BCUT2D eigenvalue weighted by Crippen LogP contribution is -2.05. The maximum absolute atomic E-state index is 5.95. The van der Waals surface area contributed by atoms with Gasteiger partial charge in [-0.2, -0.15) is 0 Å². The fraction of sp³-hybridized carbons (Fsp3) is 0.188. The van der Waals surface area contributed by atoms with E-state index in [4.69, 9.17) is 21.3 Å². The lowest BCUT2D eigenvalue weighted by Gasteiger charge is -2.08.